The first kappa shape index (κ1) is 9.98. The van der Waals surface area contributed by atoms with Gasteiger partial charge in [0.2, 0.25) is 0 Å². The molecule has 0 atom stereocenters. The number of carbonyl (C=O) groups is 2. The number of rotatable bonds is 1. The summed E-state index contributed by atoms with van der Waals surface area (Å²) in [6.07, 6.45) is 1.74. The van der Waals surface area contributed by atoms with Gasteiger partial charge >= 0.3 is 0 Å². The SMILES string of the molecule is Cc1ccccc1C=C1SC(=O)NC1=O. The standard InChI is InChI=1S/C11H9NO2S/c1-7-4-2-3-5-8(7)6-9-10(13)12-11(14)15-9/h2-6H,1H3,(H,12,13,14). The summed E-state index contributed by atoms with van der Waals surface area (Å²) < 4.78 is 0. The van der Waals surface area contributed by atoms with Gasteiger partial charge in [0.15, 0.2) is 0 Å². The van der Waals surface area contributed by atoms with Gasteiger partial charge in [0.05, 0.1) is 4.91 Å². The summed E-state index contributed by atoms with van der Waals surface area (Å²) in [6.45, 7) is 1.96. The van der Waals surface area contributed by atoms with E-state index in [9.17, 15) is 9.59 Å². The molecular weight excluding hydrogens is 210 g/mol. The zero-order chi connectivity index (χ0) is 10.8. The zero-order valence-electron chi connectivity index (χ0n) is 8.11. The van der Waals surface area contributed by atoms with Crippen LogP contribution in [0.25, 0.3) is 6.08 Å². The Hall–Kier alpha value is -1.55. The predicted molar refractivity (Wildman–Crippen MR) is 60.3 cm³/mol. The van der Waals surface area contributed by atoms with Crippen LogP contribution in [0.4, 0.5) is 4.79 Å². The van der Waals surface area contributed by atoms with E-state index in [2.05, 4.69) is 5.32 Å². The van der Waals surface area contributed by atoms with E-state index in [1.54, 1.807) is 6.08 Å². The number of carbonyl (C=O) groups excluding carboxylic acids is 2. The lowest BCUT2D eigenvalue weighted by Crippen LogP contribution is -2.17. The topological polar surface area (TPSA) is 46.2 Å². The average molecular weight is 219 g/mol. The summed E-state index contributed by atoms with van der Waals surface area (Å²) >= 11 is 0.939. The van der Waals surface area contributed by atoms with E-state index in [4.69, 9.17) is 0 Å². The summed E-state index contributed by atoms with van der Waals surface area (Å²) in [5.74, 6) is -0.312. The highest BCUT2D eigenvalue weighted by molar-refractivity contribution is 8.18. The van der Waals surface area contributed by atoms with E-state index in [-0.39, 0.29) is 11.1 Å². The maximum atomic E-state index is 11.3. The Morgan fingerprint density at radius 2 is 2.00 bits per heavy atom. The Balaban J connectivity index is 2.35. The van der Waals surface area contributed by atoms with Crippen molar-refractivity contribution < 1.29 is 9.59 Å². The van der Waals surface area contributed by atoms with Crippen molar-refractivity contribution in [1.82, 2.24) is 5.32 Å². The van der Waals surface area contributed by atoms with E-state index in [0.717, 1.165) is 22.9 Å². The minimum Gasteiger partial charge on any atom is -0.282 e. The second-order valence-corrected chi connectivity index (χ2v) is 4.22. The molecule has 1 heterocycles. The molecule has 1 saturated heterocycles. The van der Waals surface area contributed by atoms with Gasteiger partial charge in [-0.25, -0.2) is 0 Å². The molecule has 1 aromatic carbocycles. The molecule has 4 heteroatoms. The van der Waals surface area contributed by atoms with Crippen molar-refractivity contribution in [3.05, 3.63) is 40.3 Å². The molecule has 2 rings (SSSR count). The van der Waals surface area contributed by atoms with Crippen molar-refractivity contribution in [2.45, 2.75) is 6.92 Å². The molecule has 76 valence electrons. The van der Waals surface area contributed by atoms with Gasteiger partial charge < -0.3 is 0 Å². The summed E-state index contributed by atoms with van der Waals surface area (Å²) in [5, 5.41) is 1.92. The Morgan fingerprint density at radius 3 is 2.60 bits per heavy atom. The summed E-state index contributed by atoms with van der Waals surface area (Å²) in [4.78, 5) is 22.7. The second kappa shape index (κ2) is 3.90. The van der Waals surface area contributed by atoms with Crippen LogP contribution in [-0.4, -0.2) is 11.1 Å². The maximum absolute atomic E-state index is 11.3. The molecule has 0 aliphatic carbocycles. The molecule has 1 N–H and O–H groups in total. The number of amides is 2. The van der Waals surface area contributed by atoms with Crippen molar-refractivity contribution in [2.75, 3.05) is 0 Å². The lowest BCUT2D eigenvalue weighted by molar-refractivity contribution is -0.115. The minimum absolute atomic E-state index is 0.306. The molecule has 0 aromatic heterocycles. The number of hydrogen-bond acceptors (Lipinski definition) is 3. The second-order valence-electron chi connectivity index (χ2n) is 3.21. The van der Waals surface area contributed by atoms with Gasteiger partial charge in [0.25, 0.3) is 11.1 Å². The van der Waals surface area contributed by atoms with Crippen LogP contribution in [0.2, 0.25) is 0 Å². The zero-order valence-corrected chi connectivity index (χ0v) is 8.93. The first-order valence-electron chi connectivity index (χ1n) is 4.47. The molecule has 1 aliphatic heterocycles. The van der Waals surface area contributed by atoms with Gasteiger partial charge in [-0.05, 0) is 35.9 Å². The summed E-state index contributed by atoms with van der Waals surface area (Å²) in [6, 6.07) is 7.72. The molecule has 1 aromatic rings. The van der Waals surface area contributed by atoms with Crippen LogP contribution in [0.5, 0.6) is 0 Å². The van der Waals surface area contributed by atoms with Crippen LogP contribution in [-0.2, 0) is 4.79 Å². The normalized spacial score (nSPS) is 18.3. The highest BCUT2D eigenvalue weighted by Crippen LogP contribution is 2.26. The lowest BCUT2D eigenvalue weighted by atomic mass is 10.1. The summed E-state index contributed by atoms with van der Waals surface area (Å²) in [5.41, 5.74) is 2.04. The molecule has 1 aliphatic rings. The van der Waals surface area contributed by atoms with Crippen LogP contribution in [0.1, 0.15) is 11.1 Å². The fraction of sp³-hybridized carbons (Fsp3) is 0.0909. The van der Waals surface area contributed by atoms with Crippen molar-refractivity contribution in [3.63, 3.8) is 0 Å². The molecule has 1 fully saturated rings. The highest BCUT2D eigenvalue weighted by Gasteiger charge is 2.24. The van der Waals surface area contributed by atoms with Crippen LogP contribution in [0.3, 0.4) is 0 Å². The number of nitrogens with one attached hydrogen (secondary N) is 1. The van der Waals surface area contributed by atoms with Gasteiger partial charge in [-0.15, -0.1) is 0 Å². The Bertz CT molecular complexity index is 465. The van der Waals surface area contributed by atoms with Crippen molar-refractivity contribution in [3.8, 4) is 0 Å². The molecule has 0 spiro atoms. The first-order valence-corrected chi connectivity index (χ1v) is 5.29. The van der Waals surface area contributed by atoms with E-state index in [0.29, 0.717) is 4.91 Å². The van der Waals surface area contributed by atoms with Crippen LogP contribution in [0, 0.1) is 6.92 Å². The Morgan fingerprint density at radius 1 is 1.27 bits per heavy atom. The molecule has 3 nitrogen and oxygen atoms in total. The average Bonchev–Trinajstić information content (AvgIpc) is 2.49. The smallest absolute Gasteiger partial charge is 0.282 e. The van der Waals surface area contributed by atoms with Gasteiger partial charge in [0.1, 0.15) is 0 Å². The van der Waals surface area contributed by atoms with Crippen LogP contribution >= 0.6 is 11.8 Å². The van der Waals surface area contributed by atoms with Gasteiger partial charge in [-0.2, -0.15) is 0 Å². The number of hydrogen-bond donors (Lipinski definition) is 1. The maximum Gasteiger partial charge on any atom is 0.290 e. The fourth-order valence-electron chi connectivity index (χ4n) is 1.31. The number of aryl methyl sites for hydroxylation is 1. The lowest BCUT2D eigenvalue weighted by Gasteiger charge is -1.99. The molecule has 15 heavy (non-hydrogen) atoms. The van der Waals surface area contributed by atoms with Crippen LogP contribution in [0.15, 0.2) is 29.2 Å². The number of thioether (sulfide) groups is 1. The van der Waals surface area contributed by atoms with E-state index in [1.165, 1.54) is 0 Å². The molecule has 2 amide bonds. The predicted octanol–water partition coefficient (Wildman–Crippen LogP) is 2.32. The van der Waals surface area contributed by atoms with Crippen LogP contribution < -0.4 is 5.32 Å². The third-order valence-corrected chi connectivity index (χ3v) is 2.93. The monoisotopic (exact) mass is 219 g/mol. The number of imide groups is 1. The molecular formula is C11H9NO2S. The van der Waals surface area contributed by atoms with Gasteiger partial charge in [-0.3, -0.25) is 14.9 Å². The third kappa shape index (κ3) is 2.10. The summed E-state index contributed by atoms with van der Waals surface area (Å²) in [7, 11) is 0. The minimum atomic E-state index is -0.312. The fourth-order valence-corrected chi connectivity index (χ4v) is 1.98. The number of benzene rings is 1. The van der Waals surface area contributed by atoms with Gasteiger partial charge in [0, 0.05) is 0 Å². The first-order chi connectivity index (χ1) is 7.16. The molecule has 0 radical (unpaired) electrons. The third-order valence-electron chi connectivity index (χ3n) is 2.12. The molecule has 0 unspecified atom stereocenters. The van der Waals surface area contributed by atoms with E-state index in [1.807, 2.05) is 31.2 Å². The van der Waals surface area contributed by atoms with Crippen molar-refractivity contribution >= 4 is 29.0 Å². The van der Waals surface area contributed by atoms with Gasteiger partial charge in [-0.1, -0.05) is 24.3 Å². The van der Waals surface area contributed by atoms with Crippen molar-refractivity contribution in [2.24, 2.45) is 0 Å². The highest BCUT2D eigenvalue weighted by atomic mass is 32.2. The molecule has 0 bridgehead atoms. The van der Waals surface area contributed by atoms with E-state index < -0.39 is 0 Å². The quantitative estimate of drug-likeness (QED) is 0.737. The Labute approximate surface area is 91.6 Å². The molecule has 0 saturated carbocycles. The largest absolute Gasteiger partial charge is 0.290 e. The van der Waals surface area contributed by atoms with Crippen molar-refractivity contribution in [1.29, 1.82) is 0 Å². The Kier molecular flexibility index (Phi) is 2.60. The van der Waals surface area contributed by atoms with E-state index >= 15 is 0 Å².